The van der Waals surface area contributed by atoms with E-state index in [1.165, 1.54) is 0 Å². The van der Waals surface area contributed by atoms with Crippen LogP contribution < -0.4 is 10.6 Å². The fraction of sp³-hybridized carbons (Fsp3) is 0.500. The van der Waals surface area contributed by atoms with Gasteiger partial charge in [-0.05, 0) is 37.0 Å². The highest BCUT2D eigenvalue weighted by molar-refractivity contribution is 5.77. The minimum atomic E-state index is -0.239. The molecule has 1 aliphatic rings. The van der Waals surface area contributed by atoms with Crippen molar-refractivity contribution in [2.75, 3.05) is 18.0 Å². The van der Waals surface area contributed by atoms with E-state index in [0.29, 0.717) is 31.6 Å². The summed E-state index contributed by atoms with van der Waals surface area (Å²) in [6, 6.07) is 5.38. The lowest BCUT2D eigenvalue weighted by Gasteiger charge is -2.32. The third-order valence-corrected chi connectivity index (χ3v) is 3.66. The van der Waals surface area contributed by atoms with Gasteiger partial charge in [0.05, 0.1) is 5.69 Å². The first-order chi connectivity index (χ1) is 8.61. The van der Waals surface area contributed by atoms with Crippen molar-refractivity contribution in [1.82, 2.24) is 0 Å². The fourth-order valence-electron chi connectivity index (χ4n) is 2.43. The topological polar surface area (TPSA) is 46.3 Å². The first-order valence-electron chi connectivity index (χ1n) is 6.44. The summed E-state index contributed by atoms with van der Waals surface area (Å²) >= 11 is 0. The maximum Gasteiger partial charge on any atom is 0.220 e. The number of carbonyl (C=O) groups is 1. The zero-order valence-corrected chi connectivity index (χ0v) is 10.7. The number of halogens is 1. The van der Waals surface area contributed by atoms with Crippen molar-refractivity contribution in [3.63, 3.8) is 0 Å². The highest BCUT2D eigenvalue weighted by atomic mass is 19.1. The van der Waals surface area contributed by atoms with E-state index in [-0.39, 0.29) is 17.6 Å². The van der Waals surface area contributed by atoms with Crippen molar-refractivity contribution < 1.29 is 9.18 Å². The molecule has 0 radical (unpaired) electrons. The number of primary amides is 1. The first-order valence-corrected chi connectivity index (χ1v) is 6.44. The molecular formula is C14H19FN2O. The lowest BCUT2D eigenvalue weighted by Crippen LogP contribution is -2.38. The molecular weight excluding hydrogens is 231 g/mol. The van der Waals surface area contributed by atoms with Crippen LogP contribution >= 0.6 is 0 Å². The Hall–Kier alpha value is -1.58. The third-order valence-electron chi connectivity index (χ3n) is 3.66. The number of anilines is 1. The summed E-state index contributed by atoms with van der Waals surface area (Å²) in [5.74, 6) is -0.470. The summed E-state index contributed by atoms with van der Waals surface area (Å²) < 4.78 is 13.9. The summed E-state index contributed by atoms with van der Waals surface area (Å²) in [7, 11) is 0. The number of piperidine rings is 1. The minimum absolute atomic E-state index is 0.0563. The van der Waals surface area contributed by atoms with Gasteiger partial charge in [-0.3, -0.25) is 4.79 Å². The minimum Gasteiger partial charge on any atom is -0.369 e. The normalized spacial score (nSPS) is 16.9. The Labute approximate surface area is 107 Å². The van der Waals surface area contributed by atoms with Crippen LogP contribution in [0.5, 0.6) is 0 Å². The zero-order chi connectivity index (χ0) is 13.1. The van der Waals surface area contributed by atoms with E-state index >= 15 is 0 Å². The molecule has 1 heterocycles. The van der Waals surface area contributed by atoms with Crippen LogP contribution in [0.4, 0.5) is 10.1 Å². The van der Waals surface area contributed by atoms with Crippen molar-refractivity contribution >= 4 is 11.6 Å². The molecule has 0 spiro atoms. The quantitative estimate of drug-likeness (QED) is 0.893. The van der Waals surface area contributed by atoms with Gasteiger partial charge < -0.3 is 10.6 Å². The molecule has 1 amide bonds. The van der Waals surface area contributed by atoms with Gasteiger partial charge in [-0.2, -0.15) is 0 Å². The Balaban J connectivity index is 2.07. The van der Waals surface area contributed by atoms with Crippen LogP contribution in [-0.4, -0.2) is 19.0 Å². The molecule has 18 heavy (non-hydrogen) atoms. The van der Waals surface area contributed by atoms with Gasteiger partial charge in [-0.1, -0.05) is 13.0 Å². The molecule has 0 aliphatic carbocycles. The monoisotopic (exact) mass is 250 g/mol. The number of hydrogen-bond acceptors (Lipinski definition) is 2. The Morgan fingerprint density at radius 1 is 1.44 bits per heavy atom. The second kappa shape index (κ2) is 5.38. The highest BCUT2D eigenvalue weighted by Crippen LogP contribution is 2.26. The Morgan fingerprint density at radius 3 is 2.61 bits per heavy atom. The number of benzene rings is 1. The van der Waals surface area contributed by atoms with Crippen LogP contribution in [0.3, 0.4) is 0 Å². The van der Waals surface area contributed by atoms with Crippen molar-refractivity contribution in [3.05, 3.63) is 29.6 Å². The summed E-state index contributed by atoms with van der Waals surface area (Å²) in [5, 5.41) is 0. The number of hydrogen-bond donors (Lipinski definition) is 1. The molecule has 98 valence electrons. The smallest absolute Gasteiger partial charge is 0.220 e. The van der Waals surface area contributed by atoms with Gasteiger partial charge in [0.1, 0.15) is 5.82 Å². The van der Waals surface area contributed by atoms with E-state index in [1.54, 1.807) is 6.07 Å². The third kappa shape index (κ3) is 2.63. The van der Waals surface area contributed by atoms with Crippen molar-refractivity contribution in [2.45, 2.75) is 26.2 Å². The SMILES string of the molecule is CCc1ccc(N2CCC(C(N)=O)CC2)c(F)c1. The fourth-order valence-corrected chi connectivity index (χ4v) is 2.43. The second-order valence-electron chi connectivity index (χ2n) is 4.80. The molecule has 3 nitrogen and oxygen atoms in total. The second-order valence-corrected chi connectivity index (χ2v) is 4.80. The molecule has 1 saturated heterocycles. The van der Waals surface area contributed by atoms with Crippen LogP contribution in [0.2, 0.25) is 0 Å². The van der Waals surface area contributed by atoms with Crippen LogP contribution in [0, 0.1) is 11.7 Å². The zero-order valence-electron chi connectivity index (χ0n) is 10.7. The van der Waals surface area contributed by atoms with Gasteiger partial charge in [0.2, 0.25) is 5.91 Å². The number of nitrogens with two attached hydrogens (primary N) is 1. The van der Waals surface area contributed by atoms with Gasteiger partial charge in [0, 0.05) is 19.0 Å². The molecule has 0 atom stereocenters. The maximum atomic E-state index is 13.9. The molecule has 0 unspecified atom stereocenters. The van der Waals surface area contributed by atoms with Crippen LogP contribution in [-0.2, 0) is 11.2 Å². The van der Waals surface area contributed by atoms with Crippen LogP contribution in [0.15, 0.2) is 18.2 Å². The van der Waals surface area contributed by atoms with Gasteiger partial charge in [0.25, 0.3) is 0 Å². The van der Waals surface area contributed by atoms with Crippen LogP contribution in [0.1, 0.15) is 25.3 Å². The molecule has 2 N–H and O–H groups in total. The largest absolute Gasteiger partial charge is 0.369 e. The molecule has 4 heteroatoms. The summed E-state index contributed by atoms with van der Waals surface area (Å²) in [5.41, 5.74) is 6.92. The molecule has 2 rings (SSSR count). The standard InChI is InChI=1S/C14H19FN2O/c1-2-10-3-4-13(12(15)9-10)17-7-5-11(6-8-17)14(16)18/h3-4,9,11H,2,5-8H2,1H3,(H2,16,18). The number of carbonyl (C=O) groups excluding carboxylic acids is 1. The van der Waals surface area contributed by atoms with E-state index < -0.39 is 0 Å². The van der Waals surface area contributed by atoms with E-state index in [4.69, 9.17) is 5.73 Å². The van der Waals surface area contributed by atoms with E-state index in [2.05, 4.69) is 0 Å². The molecule has 0 bridgehead atoms. The van der Waals surface area contributed by atoms with Crippen molar-refractivity contribution in [3.8, 4) is 0 Å². The predicted molar refractivity (Wildman–Crippen MR) is 69.9 cm³/mol. The molecule has 0 saturated carbocycles. The molecule has 1 aromatic carbocycles. The summed E-state index contributed by atoms with van der Waals surface area (Å²) in [4.78, 5) is 13.1. The summed E-state index contributed by atoms with van der Waals surface area (Å²) in [6.45, 7) is 3.39. The van der Waals surface area contributed by atoms with Crippen molar-refractivity contribution in [1.29, 1.82) is 0 Å². The lowest BCUT2D eigenvalue weighted by atomic mass is 9.96. The van der Waals surface area contributed by atoms with Gasteiger partial charge in [-0.15, -0.1) is 0 Å². The molecule has 0 aromatic heterocycles. The Bertz CT molecular complexity index is 439. The number of aryl methyl sites for hydroxylation is 1. The van der Waals surface area contributed by atoms with Crippen molar-refractivity contribution in [2.24, 2.45) is 11.7 Å². The lowest BCUT2D eigenvalue weighted by molar-refractivity contribution is -0.122. The molecule has 1 fully saturated rings. The van der Waals surface area contributed by atoms with Gasteiger partial charge in [0.15, 0.2) is 0 Å². The van der Waals surface area contributed by atoms with E-state index in [0.717, 1.165) is 12.0 Å². The first kappa shape index (κ1) is 12.9. The molecule has 1 aromatic rings. The summed E-state index contributed by atoms with van der Waals surface area (Å²) in [6.07, 6.45) is 2.26. The number of nitrogens with zero attached hydrogens (tertiary/aromatic N) is 1. The molecule has 1 aliphatic heterocycles. The van der Waals surface area contributed by atoms with Crippen LogP contribution in [0.25, 0.3) is 0 Å². The average Bonchev–Trinajstić information content (AvgIpc) is 2.38. The highest BCUT2D eigenvalue weighted by Gasteiger charge is 2.24. The number of amides is 1. The van der Waals surface area contributed by atoms with E-state index in [1.807, 2.05) is 24.0 Å². The number of rotatable bonds is 3. The predicted octanol–water partition coefficient (Wildman–Crippen LogP) is 2.09. The van der Waals surface area contributed by atoms with Gasteiger partial charge in [-0.25, -0.2) is 4.39 Å². The Kier molecular flexibility index (Phi) is 3.84. The maximum absolute atomic E-state index is 13.9. The van der Waals surface area contributed by atoms with E-state index in [9.17, 15) is 9.18 Å². The Morgan fingerprint density at radius 2 is 2.11 bits per heavy atom. The average molecular weight is 250 g/mol. The van der Waals surface area contributed by atoms with Gasteiger partial charge >= 0.3 is 0 Å².